The Morgan fingerprint density at radius 1 is 1.60 bits per heavy atom. The molecule has 0 aromatic rings. The monoisotopic (exact) mass is 228 g/mol. The van der Waals surface area contributed by atoms with E-state index >= 15 is 0 Å². The maximum atomic E-state index is 11.9. The van der Waals surface area contributed by atoms with E-state index in [-0.39, 0.29) is 17.9 Å². The first-order chi connectivity index (χ1) is 7.09. The third kappa shape index (κ3) is 2.29. The van der Waals surface area contributed by atoms with Crippen LogP contribution in [0.2, 0.25) is 0 Å². The Kier molecular flexibility index (Phi) is 2.93. The van der Waals surface area contributed by atoms with Gasteiger partial charge in [-0.05, 0) is 12.3 Å². The Morgan fingerprint density at radius 2 is 2.27 bits per heavy atom. The van der Waals surface area contributed by atoms with E-state index in [0.29, 0.717) is 30.6 Å². The van der Waals surface area contributed by atoms with Gasteiger partial charge in [0.1, 0.15) is 11.1 Å². The molecule has 1 heterocycles. The standard InChI is InChI=1S/C10H16N2O2S/c1-6-4-7(6)10(13)12-2-3-14-8(5-12)9(11)15/h6-8H,2-5H2,1H3,(H2,11,15). The summed E-state index contributed by atoms with van der Waals surface area (Å²) < 4.78 is 5.39. The van der Waals surface area contributed by atoms with Crippen LogP contribution in [0.3, 0.4) is 0 Å². The Hall–Kier alpha value is -0.680. The molecule has 3 atom stereocenters. The molecule has 2 aliphatic rings. The second-order valence-electron chi connectivity index (χ2n) is 4.37. The molecule has 5 heteroatoms. The summed E-state index contributed by atoms with van der Waals surface area (Å²) in [5, 5.41) is 0. The maximum absolute atomic E-state index is 11.9. The van der Waals surface area contributed by atoms with E-state index in [1.54, 1.807) is 0 Å². The molecule has 1 amide bonds. The molecule has 84 valence electrons. The van der Waals surface area contributed by atoms with Crippen LogP contribution < -0.4 is 5.73 Å². The fraction of sp³-hybridized carbons (Fsp3) is 0.800. The SMILES string of the molecule is CC1CC1C(=O)N1CCOC(C(N)=S)C1. The predicted molar refractivity (Wildman–Crippen MR) is 60.4 cm³/mol. The van der Waals surface area contributed by atoms with Crippen molar-refractivity contribution in [3.05, 3.63) is 0 Å². The molecule has 2 rings (SSSR count). The molecule has 1 saturated carbocycles. The zero-order valence-electron chi connectivity index (χ0n) is 8.81. The van der Waals surface area contributed by atoms with E-state index in [9.17, 15) is 4.79 Å². The fourth-order valence-electron chi connectivity index (χ4n) is 1.92. The summed E-state index contributed by atoms with van der Waals surface area (Å²) in [4.78, 5) is 14.1. The largest absolute Gasteiger partial charge is 0.391 e. The molecule has 0 radical (unpaired) electrons. The Balaban J connectivity index is 1.92. The van der Waals surface area contributed by atoms with E-state index in [0.717, 1.165) is 6.42 Å². The minimum atomic E-state index is -0.258. The molecule has 0 spiro atoms. The van der Waals surface area contributed by atoms with Crippen molar-refractivity contribution in [1.29, 1.82) is 0 Å². The van der Waals surface area contributed by atoms with Gasteiger partial charge in [-0.2, -0.15) is 0 Å². The van der Waals surface area contributed by atoms with Crippen molar-refractivity contribution >= 4 is 23.1 Å². The van der Waals surface area contributed by atoms with Crippen LogP contribution in [0.25, 0.3) is 0 Å². The van der Waals surface area contributed by atoms with E-state index < -0.39 is 0 Å². The quantitative estimate of drug-likeness (QED) is 0.684. The van der Waals surface area contributed by atoms with Crippen molar-refractivity contribution in [3.63, 3.8) is 0 Å². The third-order valence-corrected chi connectivity index (χ3v) is 3.39. The minimum absolute atomic E-state index is 0.232. The maximum Gasteiger partial charge on any atom is 0.226 e. The fourth-order valence-corrected chi connectivity index (χ4v) is 2.06. The molecule has 0 aromatic heterocycles. The summed E-state index contributed by atoms with van der Waals surface area (Å²) in [6, 6.07) is 0. The summed E-state index contributed by atoms with van der Waals surface area (Å²) in [7, 11) is 0. The van der Waals surface area contributed by atoms with Crippen molar-refractivity contribution in [3.8, 4) is 0 Å². The molecule has 0 aromatic carbocycles. The van der Waals surface area contributed by atoms with Crippen LogP contribution in [-0.2, 0) is 9.53 Å². The minimum Gasteiger partial charge on any atom is -0.391 e. The number of ether oxygens (including phenoxy) is 1. The average molecular weight is 228 g/mol. The second kappa shape index (κ2) is 4.06. The molecule has 1 aliphatic carbocycles. The van der Waals surface area contributed by atoms with E-state index in [4.69, 9.17) is 22.7 Å². The lowest BCUT2D eigenvalue weighted by Crippen LogP contribution is -2.50. The molecule has 1 aliphatic heterocycles. The Labute approximate surface area is 94.7 Å². The molecule has 2 fully saturated rings. The van der Waals surface area contributed by atoms with Gasteiger partial charge in [0.15, 0.2) is 0 Å². The van der Waals surface area contributed by atoms with Crippen molar-refractivity contribution in [2.75, 3.05) is 19.7 Å². The van der Waals surface area contributed by atoms with Gasteiger partial charge < -0.3 is 15.4 Å². The predicted octanol–water partition coefficient (Wildman–Crippen LogP) is 0.156. The average Bonchev–Trinajstić information content (AvgIpc) is 2.94. The summed E-state index contributed by atoms with van der Waals surface area (Å²) in [6.07, 6.45) is 0.764. The molecule has 1 saturated heterocycles. The smallest absolute Gasteiger partial charge is 0.226 e. The van der Waals surface area contributed by atoms with Crippen LogP contribution in [0.1, 0.15) is 13.3 Å². The van der Waals surface area contributed by atoms with Crippen molar-refractivity contribution < 1.29 is 9.53 Å². The lowest BCUT2D eigenvalue weighted by molar-refractivity contribution is -0.138. The number of carbonyl (C=O) groups is 1. The normalized spacial score (nSPS) is 35.0. The number of nitrogens with zero attached hydrogens (tertiary/aromatic N) is 1. The van der Waals surface area contributed by atoms with Gasteiger partial charge in [0.2, 0.25) is 5.91 Å². The molecule has 3 unspecified atom stereocenters. The number of hydrogen-bond donors (Lipinski definition) is 1. The summed E-state index contributed by atoms with van der Waals surface area (Å²) in [6.45, 7) is 3.83. The number of thiocarbonyl (C=S) groups is 1. The summed E-state index contributed by atoms with van der Waals surface area (Å²) in [5.74, 6) is 1.02. The summed E-state index contributed by atoms with van der Waals surface area (Å²) >= 11 is 4.87. The lowest BCUT2D eigenvalue weighted by atomic mass is 10.2. The lowest BCUT2D eigenvalue weighted by Gasteiger charge is -2.32. The first-order valence-electron chi connectivity index (χ1n) is 5.29. The van der Waals surface area contributed by atoms with Gasteiger partial charge in [-0.25, -0.2) is 0 Å². The van der Waals surface area contributed by atoms with Crippen LogP contribution in [0.5, 0.6) is 0 Å². The van der Waals surface area contributed by atoms with E-state index in [1.807, 2.05) is 4.90 Å². The molecule has 2 N–H and O–H groups in total. The number of hydrogen-bond acceptors (Lipinski definition) is 3. The number of rotatable bonds is 2. The molecular weight excluding hydrogens is 212 g/mol. The highest BCUT2D eigenvalue weighted by molar-refractivity contribution is 7.80. The van der Waals surface area contributed by atoms with Gasteiger partial charge in [-0.1, -0.05) is 19.1 Å². The van der Waals surface area contributed by atoms with Crippen molar-refractivity contribution in [2.45, 2.75) is 19.4 Å². The zero-order valence-corrected chi connectivity index (χ0v) is 9.63. The number of nitrogens with two attached hydrogens (primary N) is 1. The molecule has 4 nitrogen and oxygen atoms in total. The molecule has 0 bridgehead atoms. The highest BCUT2D eigenvalue weighted by Gasteiger charge is 2.42. The van der Waals surface area contributed by atoms with E-state index in [1.165, 1.54) is 0 Å². The first-order valence-corrected chi connectivity index (χ1v) is 5.70. The van der Waals surface area contributed by atoms with Gasteiger partial charge in [-0.3, -0.25) is 4.79 Å². The molecular formula is C10H16N2O2S. The van der Waals surface area contributed by atoms with Crippen LogP contribution in [0.15, 0.2) is 0 Å². The topological polar surface area (TPSA) is 55.6 Å². The van der Waals surface area contributed by atoms with Crippen LogP contribution in [0, 0.1) is 11.8 Å². The number of morpholine rings is 1. The van der Waals surface area contributed by atoms with Gasteiger partial charge in [0, 0.05) is 12.5 Å². The van der Waals surface area contributed by atoms with Crippen molar-refractivity contribution in [1.82, 2.24) is 4.90 Å². The Morgan fingerprint density at radius 3 is 2.80 bits per heavy atom. The number of carbonyl (C=O) groups excluding carboxylic acids is 1. The van der Waals surface area contributed by atoms with Gasteiger partial charge >= 0.3 is 0 Å². The highest BCUT2D eigenvalue weighted by Crippen LogP contribution is 2.39. The van der Waals surface area contributed by atoms with Crippen molar-refractivity contribution in [2.24, 2.45) is 17.6 Å². The third-order valence-electron chi connectivity index (χ3n) is 3.12. The summed E-state index contributed by atoms with van der Waals surface area (Å²) in [5.41, 5.74) is 5.52. The number of amides is 1. The Bertz CT molecular complexity index is 295. The second-order valence-corrected chi connectivity index (χ2v) is 4.84. The van der Waals surface area contributed by atoms with Gasteiger partial charge in [0.05, 0.1) is 13.2 Å². The van der Waals surface area contributed by atoms with Gasteiger partial charge in [0.25, 0.3) is 0 Å². The van der Waals surface area contributed by atoms with Crippen LogP contribution in [0.4, 0.5) is 0 Å². The van der Waals surface area contributed by atoms with Crippen LogP contribution in [-0.4, -0.2) is 41.6 Å². The zero-order chi connectivity index (χ0) is 11.0. The molecule has 15 heavy (non-hydrogen) atoms. The first kappa shape index (κ1) is 10.8. The van der Waals surface area contributed by atoms with Crippen LogP contribution >= 0.6 is 12.2 Å². The van der Waals surface area contributed by atoms with Gasteiger partial charge in [-0.15, -0.1) is 0 Å². The van der Waals surface area contributed by atoms with E-state index in [2.05, 4.69) is 6.92 Å². The highest BCUT2D eigenvalue weighted by atomic mass is 32.1.